The smallest absolute Gasteiger partial charge is 0.467 e. The molecule has 2 aromatic rings. The summed E-state index contributed by atoms with van der Waals surface area (Å²) < 4.78 is 38.8. The maximum Gasteiger partial charge on any atom is 0.700 e. The normalized spacial score (nSPS) is 13.2. The Bertz CT molecular complexity index is 1100. The molecule has 38 heavy (non-hydrogen) atoms. The van der Waals surface area contributed by atoms with E-state index in [4.69, 9.17) is 23.3 Å². The summed E-state index contributed by atoms with van der Waals surface area (Å²) in [5.41, 5.74) is 0.648. The van der Waals surface area contributed by atoms with Crippen molar-refractivity contribution < 1.29 is 42.2 Å². The van der Waals surface area contributed by atoms with Crippen molar-refractivity contribution in [1.82, 2.24) is 5.32 Å². The molecule has 12 heteroatoms. The highest BCUT2D eigenvalue weighted by atomic mass is 31.1. The van der Waals surface area contributed by atoms with E-state index in [1.165, 1.54) is 12.1 Å². The Morgan fingerprint density at radius 3 is 2.24 bits per heavy atom. The van der Waals surface area contributed by atoms with E-state index in [-0.39, 0.29) is 18.1 Å². The van der Waals surface area contributed by atoms with Crippen molar-refractivity contribution in [3.05, 3.63) is 65.7 Å². The lowest BCUT2D eigenvalue weighted by atomic mass is 10.1. The van der Waals surface area contributed by atoms with Crippen LogP contribution >= 0.6 is 8.25 Å². The fraction of sp³-hybridized carbons (Fsp3) is 0.423. The Morgan fingerprint density at radius 1 is 0.947 bits per heavy atom. The molecule has 0 saturated carbocycles. The van der Waals surface area contributed by atoms with E-state index in [1.807, 2.05) is 18.2 Å². The highest BCUT2D eigenvalue weighted by Gasteiger charge is 2.39. The molecular weight excluding hydrogens is 515 g/mol. The van der Waals surface area contributed by atoms with Gasteiger partial charge in [0.05, 0.1) is 7.11 Å². The van der Waals surface area contributed by atoms with E-state index in [0.29, 0.717) is 5.69 Å². The van der Waals surface area contributed by atoms with Crippen LogP contribution in [0.1, 0.15) is 51.8 Å². The molecule has 0 bridgehead atoms. The van der Waals surface area contributed by atoms with Crippen molar-refractivity contribution in [2.24, 2.45) is 5.92 Å². The predicted molar refractivity (Wildman–Crippen MR) is 139 cm³/mol. The van der Waals surface area contributed by atoms with Crippen molar-refractivity contribution >= 4 is 32.1 Å². The third kappa shape index (κ3) is 10.8. The molecule has 2 N–H and O–H groups in total. The number of methoxy groups -OCH3 is 1. The molecule has 2 amide bonds. The van der Waals surface area contributed by atoms with E-state index in [1.54, 1.807) is 58.9 Å². The number of amides is 2. The lowest BCUT2D eigenvalue weighted by molar-refractivity contribution is -0.149. The summed E-state index contributed by atoms with van der Waals surface area (Å²) in [5, 5.41) is 5.06. The van der Waals surface area contributed by atoms with E-state index >= 15 is 0 Å². The second-order valence-electron chi connectivity index (χ2n) is 9.46. The van der Waals surface area contributed by atoms with Crippen LogP contribution in [0.5, 0.6) is 0 Å². The summed E-state index contributed by atoms with van der Waals surface area (Å²) in [6, 6.07) is 15.2. The second kappa shape index (κ2) is 14.4. The first-order valence-electron chi connectivity index (χ1n) is 11.8. The average molecular weight is 550 g/mol. The van der Waals surface area contributed by atoms with Gasteiger partial charge in [0.1, 0.15) is 12.2 Å². The molecule has 0 heterocycles. The minimum Gasteiger partial charge on any atom is -0.467 e. The van der Waals surface area contributed by atoms with Gasteiger partial charge >= 0.3 is 26.4 Å². The topological polar surface area (TPSA) is 138 Å². The maximum atomic E-state index is 12.8. The summed E-state index contributed by atoms with van der Waals surface area (Å²) in [6.45, 7) is 8.68. The van der Waals surface area contributed by atoms with E-state index in [2.05, 4.69) is 10.6 Å². The van der Waals surface area contributed by atoms with Gasteiger partial charge in [0.2, 0.25) is 6.10 Å². The van der Waals surface area contributed by atoms with Crippen molar-refractivity contribution in [2.45, 2.75) is 59.2 Å². The fourth-order valence-corrected chi connectivity index (χ4v) is 3.86. The second-order valence-corrected chi connectivity index (χ2v) is 10.3. The van der Waals surface area contributed by atoms with Crippen molar-refractivity contribution in [3.8, 4) is 0 Å². The molecule has 0 aromatic heterocycles. The predicted octanol–water partition coefficient (Wildman–Crippen LogP) is 5.85. The summed E-state index contributed by atoms with van der Waals surface area (Å²) in [7, 11) is -1.77. The molecule has 206 valence electrons. The number of hydrogen-bond donors (Lipinski definition) is 2. The highest BCUT2D eigenvalue weighted by molar-refractivity contribution is 7.33. The first kappa shape index (κ1) is 30.7. The van der Waals surface area contributed by atoms with Crippen LogP contribution in [0, 0.1) is 5.92 Å². The molecule has 0 radical (unpaired) electrons. The van der Waals surface area contributed by atoms with Crippen molar-refractivity contribution in [1.29, 1.82) is 0 Å². The van der Waals surface area contributed by atoms with Crippen LogP contribution in [0.4, 0.5) is 15.3 Å². The van der Waals surface area contributed by atoms with Gasteiger partial charge in [-0.2, -0.15) is 0 Å². The van der Waals surface area contributed by atoms with E-state index < -0.39 is 44.3 Å². The molecule has 2 rings (SSSR count). The maximum absolute atomic E-state index is 12.8. The zero-order chi connectivity index (χ0) is 28.3. The van der Waals surface area contributed by atoms with Gasteiger partial charge in [-0.05, 0) is 44.0 Å². The van der Waals surface area contributed by atoms with Gasteiger partial charge in [0, 0.05) is 16.2 Å². The number of nitrogens with one attached hydrogen (secondary N) is 2. The summed E-state index contributed by atoms with van der Waals surface area (Å²) in [4.78, 5) is 36.8. The van der Waals surface area contributed by atoms with Crippen LogP contribution in [-0.2, 0) is 39.2 Å². The van der Waals surface area contributed by atoms with Gasteiger partial charge in [-0.1, -0.05) is 65.4 Å². The first-order valence-corrected chi connectivity index (χ1v) is 12.9. The van der Waals surface area contributed by atoms with Gasteiger partial charge in [-0.15, -0.1) is 0 Å². The number of esters is 1. The van der Waals surface area contributed by atoms with E-state index in [0.717, 1.165) is 12.7 Å². The van der Waals surface area contributed by atoms with Gasteiger partial charge in [0.15, 0.2) is 6.23 Å². The van der Waals surface area contributed by atoms with Crippen LogP contribution in [-0.4, -0.2) is 37.1 Å². The Kier molecular flexibility index (Phi) is 11.6. The van der Waals surface area contributed by atoms with Gasteiger partial charge in [-0.25, -0.2) is 14.4 Å². The lowest BCUT2D eigenvalue weighted by Gasteiger charge is -2.20. The van der Waals surface area contributed by atoms with Gasteiger partial charge in [-0.3, -0.25) is 10.6 Å². The van der Waals surface area contributed by atoms with Crippen molar-refractivity contribution in [3.63, 3.8) is 0 Å². The molecule has 3 atom stereocenters. The minimum absolute atomic E-state index is 0.0399. The molecule has 0 spiro atoms. The largest absolute Gasteiger partial charge is 0.700 e. The highest BCUT2D eigenvalue weighted by Crippen LogP contribution is 2.36. The standard InChI is InChI=1S/C26H33N2O9P/c1-17(2)22(28-24(30)34-16-18-11-8-7-9-12-18)37-38(32)36-21(23(29)33-6)19-13-10-14-20(15-19)27-25(31)35-26(3,4)5/h7-15,17,21-22H,16H2,1-6H3,(H-,27,28,30,31)/p+1. The Balaban J connectivity index is 2.05. The Labute approximate surface area is 223 Å². The third-order valence-corrected chi connectivity index (χ3v) is 5.50. The number of hydrogen-bond acceptors (Lipinski definition) is 9. The number of benzene rings is 2. The number of ether oxygens (including phenoxy) is 3. The third-order valence-electron chi connectivity index (χ3n) is 4.72. The number of anilines is 1. The summed E-state index contributed by atoms with van der Waals surface area (Å²) >= 11 is 0. The fourth-order valence-electron chi connectivity index (χ4n) is 2.95. The van der Waals surface area contributed by atoms with Gasteiger partial charge < -0.3 is 14.2 Å². The van der Waals surface area contributed by atoms with Crippen LogP contribution < -0.4 is 10.6 Å². The first-order chi connectivity index (χ1) is 17.9. The molecule has 0 saturated heterocycles. The van der Waals surface area contributed by atoms with Crippen LogP contribution in [0.25, 0.3) is 0 Å². The number of alkyl carbamates (subject to hydrolysis) is 1. The number of carbonyl (C=O) groups excluding carboxylic acids is 3. The molecule has 3 unspecified atom stereocenters. The lowest BCUT2D eigenvalue weighted by Crippen LogP contribution is -2.39. The van der Waals surface area contributed by atoms with Crippen LogP contribution in [0.2, 0.25) is 0 Å². The van der Waals surface area contributed by atoms with Crippen LogP contribution in [0.3, 0.4) is 0 Å². The molecule has 0 aliphatic carbocycles. The quantitative estimate of drug-likeness (QED) is 0.153. The minimum atomic E-state index is -2.92. The SMILES string of the molecule is COC(=O)C(O[P+](=O)OC(NC(=O)OCc1ccccc1)C(C)C)c1cccc(NC(=O)OC(C)(C)C)c1. The van der Waals surface area contributed by atoms with E-state index in [9.17, 15) is 18.9 Å². The summed E-state index contributed by atoms with van der Waals surface area (Å²) in [5.74, 6) is -1.16. The Morgan fingerprint density at radius 2 is 1.63 bits per heavy atom. The zero-order valence-corrected chi connectivity index (χ0v) is 23.2. The van der Waals surface area contributed by atoms with Crippen molar-refractivity contribution in [2.75, 3.05) is 12.4 Å². The molecule has 11 nitrogen and oxygen atoms in total. The van der Waals surface area contributed by atoms with Crippen LogP contribution in [0.15, 0.2) is 54.6 Å². The molecule has 2 aromatic carbocycles. The molecule has 0 aliphatic heterocycles. The number of rotatable bonds is 11. The molecule has 0 fully saturated rings. The Hall–Kier alpha value is -3.53. The van der Waals surface area contributed by atoms with Gasteiger partial charge in [0.25, 0.3) is 0 Å². The number of carbonyl (C=O) groups is 3. The molecular formula is C26H34N2O9P+. The summed E-state index contributed by atoms with van der Waals surface area (Å²) in [6.07, 6.45) is -3.95. The average Bonchev–Trinajstić information content (AvgIpc) is 2.84. The zero-order valence-electron chi connectivity index (χ0n) is 22.3. The molecule has 0 aliphatic rings. The monoisotopic (exact) mass is 549 g/mol.